The smallest absolute Gasteiger partial charge is 0.355 e. The van der Waals surface area contributed by atoms with Gasteiger partial charge in [-0.15, -0.1) is 0 Å². The number of carbonyl (C=O) groups excluding carboxylic acids is 2. The molecule has 144 valence electrons. The predicted molar refractivity (Wildman–Crippen MR) is 104 cm³/mol. The lowest BCUT2D eigenvalue weighted by Crippen LogP contribution is -2.18. The number of fused-ring (bicyclic) bond motifs is 1. The average molecular weight is 390 g/mol. The summed E-state index contributed by atoms with van der Waals surface area (Å²) in [6.07, 6.45) is 1.10. The predicted octanol–water partition coefficient (Wildman–Crippen LogP) is 4.47. The van der Waals surface area contributed by atoms with Gasteiger partial charge in [0.15, 0.2) is 5.78 Å². The summed E-state index contributed by atoms with van der Waals surface area (Å²) in [5.41, 5.74) is 3.35. The van der Waals surface area contributed by atoms with Gasteiger partial charge in [0.25, 0.3) is 0 Å². The van der Waals surface area contributed by atoms with Crippen molar-refractivity contribution in [2.75, 3.05) is 13.2 Å². The molecule has 0 saturated heterocycles. The molecule has 3 rings (SSSR count). The zero-order valence-corrected chi connectivity index (χ0v) is 16.6. The quantitative estimate of drug-likeness (QED) is 0.584. The van der Waals surface area contributed by atoms with E-state index in [9.17, 15) is 9.59 Å². The van der Waals surface area contributed by atoms with Crippen molar-refractivity contribution in [3.05, 3.63) is 57.4 Å². The molecule has 1 aliphatic carbocycles. The average Bonchev–Trinajstić information content (AvgIpc) is 2.96. The zero-order valence-electron chi connectivity index (χ0n) is 15.8. The van der Waals surface area contributed by atoms with E-state index in [-0.39, 0.29) is 24.4 Å². The van der Waals surface area contributed by atoms with Crippen LogP contribution in [-0.2, 0) is 15.9 Å². The maximum absolute atomic E-state index is 12.7. The van der Waals surface area contributed by atoms with Gasteiger partial charge in [-0.25, -0.2) is 4.79 Å². The first-order valence-corrected chi connectivity index (χ1v) is 9.54. The first-order valence-electron chi connectivity index (χ1n) is 9.16. The van der Waals surface area contributed by atoms with Crippen LogP contribution in [0.5, 0.6) is 0 Å². The summed E-state index contributed by atoms with van der Waals surface area (Å²) in [4.78, 5) is 28.3. The van der Waals surface area contributed by atoms with Crippen LogP contribution in [0.25, 0.3) is 0 Å². The fourth-order valence-electron chi connectivity index (χ4n) is 3.55. The number of halogens is 1. The standard InChI is InChI=1S/C21H24ClNO4/c1-12(2)26-8-9-27-21(25)20-13(3)19-17(23-20)10-14(11-18(19)24)15-6-4-5-7-16(15)22/h4-7,12,14,23H,8-11H2,1-3H3. The Bertz CT molecular complexity index is 856. The number of ether oxygens (including phenoxy) is 2. The lowest BCUT2D eigenvalue weighted by molar-refractivity contribution is 0.0172. The molecule has 0 spiro atoms. The van der Waals surface area contributed by atoms with Crippen LogP contribution < -0.4 is 0 Å². The summed E-state index contributed by atoms with van der Waals surface area (Å²) in [6.45, 7) is 6.15. The summed E-state index contributed by atoms with van der Waals surface area (Å²) in [6, 6.07) is 7.57. The molecule has 1 unspecified atom stereocenters. The number of aromatic amines is 1. The van der Waals surface area contributed by atoms with Crippen LogP contribution in [-0.4, -0.2) is 36.1 Å². The number of carbonyl (C=O) groups is 2. The number of benzene rings is 1. The molecule has 0 saturated carbocycles. The molecule has 5 nitrogen and oxygen atoms in total. The first-order chi connectivity index (χ1) is 12.9. The molecule has 0 amide bonds. The summed E-state index contributed by atoms with van der Waals surface area (Å²) >= 11 is 6.30. The Labute approximate surface area is 164 Å². The van der Waals surface area contributed by atoms with Crippen LogP contribution in [0, 0.1) is 6.92 Å². The highest BCUT2D eigenvalue weighted by Crippen LogP contribution is 2.37. The van der Waals surface area contributed by atoms with Crippen molar-refractivity contribution in [2.24, 2.45) is 0 Å². The van der Waals surface area contributed by atoms with Gasteiger partial charge >= 0.3 is 5.97 Å². The molecule has 0 bridgehead atoms. The molecule has 2 aromatic rings. The number of rotatable bonds is 6. The molecular weight excluding hydrogens is 366 g/mol. The van der Waals surface area contributed by atoms with Crippen LogP contribution in [0.1, 0.15) is 63.9 Å². The summed E-state index contributed by atoms with van der Waals surface area (Å²) in [7, 11) is 0. The third-order valence-corrected chi connectivity index (χ3v) is 5.15. The van der Waals surface area contributed by atoms with E-state index in [2.05, 4.69) is 4.98 Å². The topological polar surface area (TPSA) is 68.4 Å². The number of Topliss-reactive ketones (excluding diaryl/α,β-unsaturated/α-hetero) is 1. The van der Waals surface area contributed by atoms with E-state index in [4.69, 9.17) is 21.1 Å². The fraction of sp³-hybridized carbons (Fsp3) is 0.429. The molecule has 1 aliphatic rings. The lowest BCUT2D eigenvalue weighted by atomic mass is 9.81. The van der Waals surface area contributed by atoms with Crippen molar-refractivity contribution < 1.29 is 19.1 Å². The second kappa shape index (κ2) is 8.28. The molecule has 1 aromatic heterocycles. The highest BCUT2D eigenvalue weighted by molar-refractivity contribution is 6.31. The van der Waals surface area contributed by atoms with Crippen molar-refractivity contribution in [3.63, 3.8) is 0 Å². The fourth-order valence-corrected chi connectivity index (χ4v) is 3.84. The van der Waals surface area contributed by atoms with Gasteiger partial charge in [-0.1, -0.05) is 29.8 Å². The minimum atomic E-state index is -0.462. The lowest BCUT2D eigenvalue weighted by Gasteiger charge is -2.22. The summed E-state index contributed by atoms with van der Waals surface area (Å²) in [5.74, 6) is -0.437. The Kier molecular flexibility index (Phi) is 6.02. The van der Waals surface area contributed by atoms with E-state index in [1.54, 1.807) is 6.92 Å². The molecule has 0 radical (unpaired) electrons. The number of aromatic nitrogens is 1. The van der Waals surface area contributed by atoms with Crippen molar-refractivity contribution in [3.8, 4) is 0 Å². The molecule has 0 aliphatic heterocycles. The third-order valence-electron chi connectivity index (χ3n) is 4.81. The Balaban J connectivity index is 1.77. The van der Waals surface area contributed by atoms with Gasteiger partial charge in [0.2, 0.25) is 0 Å². The Morgan fingerprint density at radius 2 is 2.00 bits per heavy atom. The number of nitrogens with one attached hydrogen (secondary N) is 1. The van der Waals surface area contributed by atoms with Gasteiger partial charge in [0.05, 0.1) is 12.7 Å². The molecule has 27 heavy (non-hydrogen) atoms. The Hall–Kier alpha value is -2.11. The molecule has 6 heteroatoms. The van der Waals surface area contributed by atoms with Crippen LogP contribution >= 0.6 is 11.6 Å². The minimum Gasteiger partial charge on any atom is -0.459 e. The maximum Gasteiger partial charge on any atom is 0.355 e. The number of esters is 1. The zero-order chi connectivity index (χ0) is 19.6. The molecule has 1 N–H and O–H groups in total. The monoisotopic (exact) mass is 389 g/mol. The third kappa shape index (κ3) is 4.25. The summed E-state index contributed by atoms with van der Waals surface area (Å²) < 4.78 is 10.7. The first kappa shape index (κ1) is 19.6. The number of hydrogen-bond acceptors (Lipinski definition) is 4. The largest absolute Gasteiger partial charge is 0.459 e. The molecule has 1 aromatic carbocycles. The van der Waals surface area contributed by atoms with E-state index in [1.165, 1.54) is 0 Å². The van der Waals surface area contributed by atoms with E-state index in [0.29, 0.717) is 41.3 Å². The van der Waals surface area contributed by atoms with E-state index >= 15 is 0 Å². The highest BCUT2D eigenvalue weighted by atomic mass is 35.5. The van der Waals surface area contributed by atoms with Crippen molar-refractivity contribution in [1.82, 2.24) is 4.98 Å². The second-order valence-electron chi connectivity index (χ2n) is 7.08. The van der Waals surface area contributed by atoms with Crippen LogP contribution in [0.4, 0.5) is 0 Å². The number of hydrogen-bond donors (Lipinski definition) is 1. The Morgan fingerprint density at radius 1 is 1.26 bits per heavy atom. The maximum atomic E-state index is 12.7. The Morgan fingerprint density at radius 3 is 2.70 bits per heavy atom. The van der Waals surface area contributed by atoms with Gasteiger partial charge < -0.3 is 14.5 Å². The highest BCUT2D eigenvalue weighted by Gasteiger charge is 2.32. The second-order valence-corrected chi connectivity index (χ2v) is 7.49. The number of H-pyrrole nitrogens is 1. The van der Waals surface area contributed by atoms with Gasteiger partial charge in [0, 0.05) is 22.7 Å². The van der Waals surface area contributed by atoms with Crippen molar-refractivity contribution in [1.29, 1.82) is 0 Å². The van der Waals surface area contributed by atoms with E-state index < -0.39 is 5.97 Å². The van der Waals surface area contributed by atoms with Crippen LogP contribution in [0.3, 0.4) is 0 Å². The SMILES string of the molecule is Cc1c(C(=O)OCCOC(C)C)[nH]c2c1C(=O)CC(c1ccccc1Cl)C2. The van der Waals surface area contributed by atoms with Gasteiger partial charge in [0.1, 0.15) is 12.3 Å². The van der Waals surface area contributed by atoms with Crippen LogP contribution in [0.2, 0.25) is 5.02 Å². The van der Waals surface area contributed by atoms with Crippen molar-refractivity contribution in [2.45, 2.75) is 45.6 Å². The van der Waals surface area contributed by atoms with Gasteiger partial charge in [-0.05, 0) is 50.3 Å². The van der Waals surface area contributed by atoms with E-state index in [0.717, 1.165) is 11.3 Å². The van der Waals surface area contributed by atoms with Crippen LogP contribution in [0.15, 0.2) is 24.3 Å². The molecule has 1 atom stereocenters. The van der Waals surface area contributed by atoms with Crippen molar-refractivity contribution >= 4 is 23.4 Å². The normalized spacial score (nSPS) is 16.5. The minimum absolute atomic E-state index is 0.0000576. The van der Waals surface area contributed by atoms with Gasteiger partial charge in [-0.2, -0.15) is 0 Å². The summed E-state index contributed by atoms with van der Waals surface area (Å²) in [5, 5.41) is 0.659. The van der Waals surface area contributed by atoms with E-state index in [1.807, 2.05) is 38.1 Å². The molecule has 0 fully saturated rings. The van der Waals surface area contributed by atoms with Gasteiger partial charge in [-0.3, -0.25) is 4.79 Å². The molecule has 1 heterocycles. The number of ketones is 1. The molecular formula is C21H24ClNO4.